The van der Waals surface area contributed by atoms with E-state index in [-0.39, 0.29) is 21.2 Å². The normalized spacial score (nSPS) is 11.1. The fraction of sp³-hybridized carbons (Fsp3) is 0.0500. The molecular formula is C20H15ClN2O5S. The van der Waals surface area contributed by atoms with Gasteiger partial charge in [-0.25, -0.2) is 8.42 Å². The first-order valence-corrected chi connectivity index (χ1v) is 10.2. The van der Waals surface area contributed by atoms with E-state index in [0.717, 1.165) is 11.6 Å². The van der Waals surface area contributed by atoms with Crippen LogP contribution in [0.25, 0.3) is 0 Å². The van der Waals surface area contributed by atoms with Gasteiger partial charge in [0.1, 0.15) is 5.02 Å². The number of amides is 1. The lowest BCUT2D eigenvalue weighted by atomic mass is 10.2. The number of aryl methyl sites for hydroxylation is 1. The van der Waals surface area contributed by atoms with E-state index in [0.29, 0.717) is 4.31 Å². The minimum Gasteiger partial charge on any atom is -0.268 e. The third kappa shape index (κ3) is 4.13. The van der Waals surface area contributed by atoms with Crippen LogP contribution in [0.3, 0.4) is 0 Å². The van der Waals surface area contributed by atoms with E-state index in [1.165, 1.54) is 36.4 Å². The van der Waals surface area contributed by atoms with Crippen LogP contribution in [0.4, 0.5) is 11.4 Å². The van der Waals surface area contributed by atoms with Gasteiger partial charge in [0, 0.05) is 11.6 Å². The highest BCUT2D eigenvalue weighted by Crippen LogP contribution is 2.29. The molecule has 0 aromatic heterocycles. The number of para-hydroxylation sites is 1. The molecule has 0 aliphatic carbocycles. The summed E-state index contributed by atoms with van der Waals surface area (Å²) in [5.74, 6) is -0.934. The first-order valence-electron chi connectivity index (χ1n) is 8.37. The molecular weight excluding hydrogens is 416 g/mol. The summed E-state index contributed by atoms with van der Waals surface area (Å²) in [4.78, 5) is 23.5. The molecule has 1 amide bonds. The van der Waals surface area contributed by atoms with Crippen molar-refractivity contribution in [1.29, 1.82) is 0 Å². The van der Waals surface area contributed by atoms with Crippen LogP contribution in [0.15, 0.2) is 77.7 Å². The predicted molar refractivity (Wildman–Crippen MR) is 110 cm³/mol. The minimum absolute atomic E-state index is 0.0798. The van der Waals surface area contributed by atoms with Crippen LogP contribution in [0.2, 0.25) is 5.02 Å². The van der Waals surface area contributed by atoms with Gasteiger partial charge >= 0.3 is 0 Å². The largest absolute Gasteiger partial charge is 0.288 e. The van der Waals surface area contributed by atoms with E-state index in [1.54, 1.807) is 30.3 Å². The molecule has 0 bridgehead atoms. The molecule has 7 nitrogen and oxygen atoms in total. The van der Waals surface area contributed by atoms with Crippen LogP contribution in [0.5, 0.6) is 0 Å². The Labute approximate surface area is 172 Å². The number of anilines is 1. The maximum Gasteiger partial charge on any atom is 0.288 e. The quantitative estimate of drug-likeness (QED) is 0.435. The van der Waals surface area contributed by atoms with Crippen molar-refractivity contribution < 1.29 is 18.1 Å². The molecule has 0 heterocycles. The van der Waals surface area contributed by atoms with Crippen molar-refractivity contribution in [3.63, 3.8) is 0 Å². The van der Waals surface area contributed by atoms with Crippen molar-refractivity contribution in [2.24, 2.45) is 0 Å². The van der Waals surface area contributed by atoms with Crippen molar-refractivity contribution in [2.75, 3.05) is 4.31 Å². The lowest BCUT2D eigenvalue weighted by Gasteiger charge is -2.23. The van der Waals surface area contributed by atoms with Crippen molar-refractivity contribution in [3.05, 3.63) is 99.1 Å². The first-order chi connectivity index (χ1) is 13.7. The average molecular weight is 431 g/mol. The molecule has 0 aliphatic heterocycles. The number of benzene rings is 3. The van der Waals surface area contributed by atoms with Gasteiger partial charge in [-0.05, 0) is 43.3 Å². The van der Waals surface area contributed by atoms with Gasteiger partial charge in [-0.15, -0.1) is 0 Å². The third-order valence-corrected chi connectivity index (χ3v) is 6.17. The molecule has 0 fully saturated rings. The fourth-order valence-electron chi connectivity index (χ4n) is 2.65. The van der Waals surface area contributed by atoms with E-state index in [4.69, 9.17) is 11.6 Å². The molecule has 0 aliphatic rings. The SMILES string of the molecule is Cc1ccc(S(=O)(=O)N(C(=O)c2ccc(Cl)c([N+](=O)[O-])c2)c2ccccc2)cc1. The molecule has 0 atom stereocenters. The van der Waals surface area contributed by atoms with Crippen molar-refractivity contribution in [3.8, 4) is 0 Å². The molecule has 0 radical (unpaired) electrons. The zero-order valence-corrected chi connectivity index (χ0v) is 16.7. The standard InChI is InChI=1S/C20H15ClN2O5S/c1-14-7-10-17(11-8-14)29(27,28)22(16-5-3-2-4-6-16)20(24)15-9-12-18(21)19(13-15)23(25)26/h2-13H,1H3. The van der Waals surface area contributed by atoms with Gasteiger partial charge in [0.25, 0.3) is 21.6 Å². The van der Waals surface area contributed by atoms with Gasteiger partial charge in [0.15, 0.2) is 0 Å². The molecule has 9 heteroatoms. The Kier molecular flexibility index (Phi) is 5.67. The van der Waals surface area contributed by atoms with Gasteiger partial charge in [-0.1, -0.05) is 47.5 Å². The highest BCUT2D eigenvalue weighted by atomic mass is 35.5. The predicted octanol–water partition coefficient (Wildman–Crippen LogP) is 4.59. The summed E-state index contributed by atoms with van der Waals surface area (Å²) >= 11 is 5.81. The zero-order valence-electron chi connectivity index (χ0n) is 15.2. The molecule has 148 valence electrons. The maximum absolute atomic E-state index is 13.3. The summed E-state index contributed by atoms with van der Waals surface area (Å²) in [6.07, 6.45) is 0. The Morgan fingerprint density at radius 1 is 1.00 bits per heavy atom. The second-order valence-electron chi connectivity index (χ2n) is 6.15. The number of carbonyl (C=O) groups excluding carboxylic acids is 1. The smallest absolute Gasteiger partial charge is 0.268 e. The number of nitro benzene ring substituents is 1. The number of rotatable bonds is 5. The number of nitrogens with zero attached hydrogens (tertiary/aromatic N) is 2. The maximum atomic E-state index is 13.3. The van der Waals surface area contributed by atoms with Gasteiger partial charge in [0.05, 0.1) is 15.5 Å². The van der Waals surface area contributed by atoms with Crippen LogP contribution in [-0.2, 0) is 10.0 Å². The fourth-order valence-corrected chi connectivity index (χ4v) is 4.25. The Hall–Kier alpha value is -3.23. The molecule has 3 aromatic rings. The number of sulfonamides is 1. The van der Waals surface area contributed by atoms with Crippen LogP contribution in [0, 0.1) is 17.0 Å². The summed E-state index contributed by atoms with van der Waals surface area (Å²) in [6, 6.07) is 17.2. The highest BCUT2D eigenvalue weighted by Gasteiger charge is 2.32. The number of hydrogen-bond donors (Lipinski definition) is 0. The van der Waals surface area contributed by atoms with E-state index >= 15 is 0 Å². The van der Waals surface area contributed by atoms with Gasteiger partial charge in [0.2, 0.25) is 0 Å². The number of nitro groups is 1. The molecule has 29 heavy (non-hydrogen) atoms. The highest BCUT2D eigenvalue weighted by molar-refractivity contribution is 7.93. The third-order valence-electron chi connectivity index (χ3n) is 4.12. The first kappa shape index (κ1) is 20.5. The van der Waals surface area contributed by atoms with Crippen LogP contribution in [0.1, 0.15) is 15.9 Å². The van der Waals surface area contributed by atoms with E-state index in [9.17, 15) is 23.3 Å². The Balaban J connectivity index is 2.17. The Morgan fingerprint density at radius 3 is 2.21 bits per heavy atom. The van der Waals surface area contributed by atoms with Gasteiger partial charge < -0.3 is 0 Å². The van der Waals surface area contributed by atoms with Crippen LogP contribution in [-0.4, -0.2) is 19.2 Å². The number of halogens is 1. The van der Waals surface area contributed by atoms with E-state index in [1.807, 2.05) is 6.92 Å². The van der Waals surface area contributed by atoms with Crippen molar-refractivity contribution >= 4 is 38.9 Å². The van der Waals surface area contributed by atoms with E-state index in [2.05, 4.69) is 0 Å². The Morgan fingerprint density at radius 2 is 1.62 bits per heavy atom. The second kappa shape index (κ2) is 8.02. The zero-order chi connectivity index (χ0) is 21.2. The summed E-state index contributed by atoms with van der Waals surface area (Å²) in [5, 5.41) is 11.0. The monoisotopic (exact) mass is 430 g/mol. The minimum atomic E-state index is -4.28. The molecule has 0 saturated heterocycles. The molecule has 0 unspecified atom stereocenters. The molecule has 0 N–H and O–H groups in total. The van der Waals surface area contributed by atoms with Crippen LogP contribution < -0.4 is 4.31 Å². The Bertz CT molecular complexity index is 1180. The molecule has 3 aromatic carbocycles. The van der Waals surface area contributed by atoms with Crippen molar-refractivity contribution in [1.82, 2.24) is 0 Å². The number of hydrogen-bond acceptors (Lipinski definition) is 5. The summed E-state index contributed by atoms with van der Waals surface area (Å²) in [7, 11) is -4.28. The topological polar surface area (TPSA) is 97.6 Å². The second-order valence-corrected chi connectivity index (χ2v) is 8.34. The summed E-state index contributed by atoms with van der Waals surface area (Å²) < 4.78 is 27.2. The van der Waals surface area contributed by atoms with Crippen LogP contribution >= 0.6 is 11.6 Å². The average Bonchev–Trinajstić information content (AvgIpc) is 2.69. The summed E-state index contributed by atoms with van der Waals surface area (Å²) in [6.45, 7) is 1.81. The van der Waals surface area contributed by atoms with Crippen molar-refractivity contribution in [2.45, 2.75) is 11.8 Å². The molecule has 3 rings (SSSR count). The number of carbonyl (C=O) groups is 1. The van der Waals surface area contributed by atoms with E-state index < -0.39 is 26.5 Å². The van der Waals surface area contributed by atoms with Gasteiger partial charge in [-0.2, -0.15) is 4.31 Å². The molecule has 0 spiro atoms. The summed E-state index contributed by atoms with van der Waals surface area (Å²) in [5.41, 5.74) is 0.296. The lowest BCUT2D eigenvalue weighted by Crippen LogP contribution is -2.37. The molecule has 0 saturated carbocycles. The lowest BCUT2D eigenvalue weighted by molar-refractivity contribution is -0.384. The van der Waals surface area contributed by atoms with Gasteiger partial charge in [-0.3, -0.25) is 14.9 Å².